The summed E-state index contributed by atoms with van der Waals surface area (Å²) < 4.78 is 36.3. The lowest BCUT2D eigenvalue weighted by Crippen LogP contribution is -2.21. The van der Waals surface area contributed by atoms with E-state index >= 15 is 0 Å². The predicted molar refractivity (Wildman–Crippen MR) is 41.7 cm³/mol. The van der Waals surface area contributed by atoms with Gasteiger partial charge in [-0.1, -0.05) is 0 Å². The molecule has 0 radical (unpaired) electrons. The van der Waals surface area contributed by atoms with Crippen LogP contribution < -0.4 is 5.32 Å². The zero-order valence-corrected chi connectivity index (χ0v) is 7.30. The van der Waals surface area contributed by atoms with Gasteiger partial charge in [0.25, 0.3) is 5.91 Å². The van der Waals surface area contributed by atoms with Crippen LogP contribution >= 0.6 is 0 Å². The van der Waals surface area contributed by atoms with Crippen LogP contribution in [0.15, 0.2) is 12.3 Å². The quantitative estimate of drug-likeness (QED) is 0.779. The van der Waals surface area contributed by atoms with Crippen LogP contribution in [0.4, 0.5) is 13.2 Å². The van der Waals surface area contributed by atoms with Gasteiger partial charge in [-0.25, -0.2) is 0 Å². The molecular weight excluding hydrogens is 199 g/mol. The molecule has 1 aromatic heterocycles. The van der Waals surface area contributed by atoms with Gasteiger partial charge in [0.15, 0.2) is 0 Å². The minimum Gasteiger partial charge on any atom is -0.354 e. The molecule has 0 unspecified atom stereocenters. The Hall–Kier alpha value is -1.53. The zero-order chi connectivity index (χ0) is 10.8. The SMILES string of the molecule is CNC(=O)c1ccn(CC(F)(F)F)n1. The second kappa shape index (κ2) is 3.69. The summed E-state index contributed by atoms with van der Waals surface area (Å²) in [5.41, 5.74) is -0.0308. The summed E-state index contributed by atoms with van der Waals surface area (Å²) in [7, 11) is 1.38. The van der Waals surface area contributed by atoms with Crippen molar-refractivity contribution >= 4 is 5.91 Å². The number of carbonyl (C=O) groups is 1. The molecule has 0 bridgehead atoms. The Morgan fingerprint density at radius 2 is 2.29 bits per heavy atom. The van der Waals surface area contributed by atoms with E-state index in [9.17, 15) is 18.0 Å². The monoisotopic (exact) mass is 207 g/mol. The molecule has 0 aliphatic rings. The van der Waals surface area contributed by atoms with E-state index in [4.69, 9.17) is 0 Å². The molecule has 0 aromatic carbocycles. The molecule has 14 heavy (non-hydrogen) atoms. The van der Waals surface area contributed by atoms with Crippen molar-refractivity contribution in [3.8, 4) is 0 Å². The maximum atomic E-state index is 11.9. The lowest BCUT2D eigenvalue weighted by atomic mass is 10.4. The summed E-state index contributed by atoms with van der Waals surface area (Å²) >= 11 is 0. The highest BCUT2D eigenvalue weighted by Crippen LogP contribution is 2.16. The lowest BCUT2D eigenvalue weighted by molar-refractivity contribution is -0.142. The van der Waals surface area contributed by atoms with Crippen LogP contribution in [0.2, 0.25) is 0 Å². The van der Waals surface area contributed by atoms with E-state index in [1.807, 2.05) is 0 Å². The minimum atomic E-state index is -4.33. The van der Waals surface area contributed by atoms with Gasteiger partial charge < -0.3 is 5.32 Å². The lowest BCUT2D eigenvalue weighted by Gasteiger charge is -2.05. The maximum absolute atomic E-state index is 11.9. The topological polar surface area (TPSA) is 46.9 Å². The van der Waals surface area contributed by atoms with Crippen LogP contribution in [-0.2, 0) is 6.54 Å². The standard InChI is InChI=1S/C7H8F3N3O/c1-11-6(14)5-2-3-13(12-5)4-7(8,9)10/h2-3H,4H2,1H3,(H,11,14). The van der Waals surface area contributed by atoms with Gasteiger partial charge in [-0.3, -0.25) is 9.48 Å². The fourth-order valence-electron chi connectivity index (χ4n) is 0.883. The van der Waals surface area contributed by atoms with Crippen molar-refractivity contribution in [3.05, 3.63) is 18.0 Å². The highest BCUT2D eigenvalue weighted by molar-refractivity contribution is 5.91. The minimum absolute atomic E-state index is 0.0308. The van der Waals surface area contributed by atoms with Gasteiger partial charge in [0.1, 0.15) is 12.2 Å². The number of rotatable bonds is 2. The van der Waals surface area contributed by atoms with Gasteiger partial charge in [0.05, 0.1) is 0 Å². The van der Waals surface area contributed by atoms with Crippen LogP contribution in [0, 0.1) is 0 Å². The Bertz CT molecular complexity index is 331. The van der Waals surface area contributed by atoms with Crippen molar-refractivity contribution < 1.29 is 18.0 Å². The van der Waals surface area contributed by atoms with E-state index in [1.54, 1.807) is 0 Å². The van der Waals surface area contributed by atoms with Crippen molar-refractivity contribution in [2.75, 3.05) is 7.05 Å². The third-order valence-electron chi connectivity index (χ3n) is 1.44. The summed E-state index contributed by atoms with van der Waals surface area (Å²) in [6.07, 6.45) is -3.22. The molecule has 0 spiro atoms. The summed E-state index contributed by atoms with van der Waals surface area (Å²) in [5, 5.41) is 5.71. The number of amides is 1. The summed E-state index contributed by atoms with van der Waals surface area (Å²) in [5.74, 6) is -0.508. The molecule has 1 aromatic rings. The highest BCUT2D eigenvalue weighted by atomic mass is 19.4. The first kappa shape index (κ1) is 10.6. The number of hydrogen-bond acceptors (Lipinski definition) is 2. The van der Waals surface area contributed by atoms with Crippen molar-refractivity contribution in [2.45, 2.75) is 12.7 Å². The van der Waals surface area contributed by atoms with Crippen LogP contribution in [-0.4, -0.2) is 28.9 Å². The normalized spacial score (nSPS) is 11.4. The average molecular weight is 207 g/mol. The molecule has 1 N–H and O–H groups in total. The average Bonchev–Trinajstić information content (AvgIpc) is 2.48. The van der Waals surface area contributed by atoms with Crippen LogP contribution in [0.5, 0.6) is 0 Å². The first-order valence-electron chi connectivity index (χ1n) is 3.74. The van der Waals surface area contributed by atoms with Gasteiger partial charge in [-0.05, 0) is 6.07 Å². The third-order valence-corrected chi connectivity index (χ3v) is 1.44. The molecule has 0 saturated heterocycles. The number of alkyl halides is 3. The van der Waals surface area contributed by atoms with E-state index in [1.165, 1.54) is 13.1 Å². The number of hydrogen-bond donors (Lipinski definition) is 1. The van der Waals surface area contributed by atoms with Crippen molar-refractivity contribution in [2.24, 2.45) is 0 Å². The van der Waals surface area contributed by atoms with E-state index in [0.29, 0.717) is 4.68 Å². The molecule has 7 heteroatoms. The summed E-state index contributed by atoms with van der Waals surface area (Å²) in [6, 6.07) is 1.23. The third kappa shape index (κ3) is 2.75. The smallest absolute Gasteiger partial charge is 0.354 e. The molecule has 4 nitrogen and oxygen atoms in total. The maximum Gasteiger partial charge on any atom is 0.408 e. The molecule has 0 fully saturated rings. The Labute approximate surface area is 77.7 Å². The molecule has 0 atom stereocenters. The van der Waals surface area contributed by atoms with Crippen molar-refractivity contribution in [1.29, 1.82) is 0 Å². The van der Waals surface area contributed by atoms with E-state index in [2.05, 4.69) is 10.4 Å². The fourth-order valence-corrected chi connectivity index (χ4v) is 0.883. The zero-order valence-electron chi connectivity index (χ0n) is 7.30. The Kier molecular flexibility index (Phi) is 2.78. The molecule has 0 saturated carbocycles. The molecule has 78 valence electrons. The van der Waals surface area contributed by atoms with Crippen LogP contribution in [0.25, 0.3) is 0 Å². The van der Waals surface area contributed by atoms with Crippen LogP contribution in [0.3, 0.4) is 0 Å². The van der Waals surface area contributed by atoms with Gasteiger partial charge in [0, 0.05) is 13.2 Å². The number of nitrogens with one attached hydrogen (secondary N) is 1. The van der Waals surface area contributed by atoms with Gasteiger partial charge in [-0.2, -0.15) is 18.3 Å². The Balaban J connectivity index is 2.74. The van der Waals surface area contributed by atoms with E-state index in [-0.39, 0.29) is 5.69 Å². The van der Waals surface area contributed by atoms with Gasteiger partial charge in [0.2, 0.25) is 0 Å². The Morgan fingerprint density at radius 3 is 2.79 bits per heavy atom. The largest absolute Gasteiger partial charge is 0.408 e. The second-order valence-corrected chi connectivity index (χ2v) is 2.59. The number of carbonyl (C=O) groups excluding carboxylic acids is 1. The predicted octanol–water partition coefficient (Wildman–Crippen LogP) is 0.805. The first-order chi connectivity index (χ1) is 6.42. The second-order valence-electron chi connectivity index (χ2n) is 2.59. The molecular formula is C7H8F3N3O. The van der Waals surface area contributed by atoms with Gasteiger partial charge in [-0.15, -0.1) is 0 Å². The van der Waals surface area contributed by atoms with Gasteiger partial charge >= 0.3 is 6.18 Å². The fraction of sp³-hybridized carbons (Fsp3) is 0.429. The first-order valence-corrected chi connectivity index (χ1v) is 3.74. The molecule has 0 aliphatic carbocycles. The number of halogens is 3. The molecule has 1 rings (SSSR count). The number of aromatic nitrogens is 2. The van der Waals surface area contributed by atoms with Crippen molar-refractivity contribution in [1.82, 2.24) is 15.1 Å². The summed E-state index contributed by atoms with van der Waals surface area (Å²) in [4.78, 5) is 10.9. The molecule has 0 aliphatic heterocycles. The van der Waals surface area contributed by atoms with Crippen molar-refractivity contribution in [3.63, 3.8) is 0 Å². The molecule has 1 amide bonds. The Morgan fingerprint density at radius 1 is 1.64 bits per heavy atom. The van der Waals surface area contributed by atoms with Crippen LogP contribution in [0.1, 0.15) is 10.5 Å². The van der Waals surface area contributed by atoms with E-state index < -0.39 is 18.6 Å². The highest BCUT2D eigenvalue weighted by Gasteiger charge is 2.28. The summed E-state index contributed by atoms with van der Waals surface area (Å²) in [6.45, 7) is -1.19. The number of nitrogens with zero attached hydrogens (tertiary/aromatic N) is 2. The molecule has 1 heterocycles. The van der Waals surface area contributed by atoms with E-state index in [0.717, 1.165) is 6.20 Å².